The molecule has 2 N–H and O–H groups in total. The minimum atomic E-state index is 0.788. The molecule has 1 nitrogen and oxygen atoms in total. The summed E-state index contributed by atoms with van der Waals surface area (Å²) in [6, 6.07) is 4.12. The molecular weight excluding hydrogens is 170 g/mol. The van der Waals surface area contributed by atoms with Crippen molar-refractivity contribution in [1.82, 2.24) is 0 Å². The van der Waals surface area contributed by atoms with E-state index in [9.17, 15) is 0 Å². The van der Waals surface area contributed by atoms with E-state index in [0.717, 1.165) is 28.0 Å². The second-order valence-corrected chi connectivity index (χ2v) is 3.83. The maximum Gasteiger partial charge on any atom is 0.0466 e. The van der Waals surface area contributed by atoms with Gasteiger partial charge in [0.2, 0.25) is 0 Å². The Kier molecular flexibility index (Phi) is 2.80. The van der Waals surface area contributed by atoms with Crippen molar-refractivity contribution in [1.29, 1.82) is 0 Å². The van der Waals surface area contributed by atoms with E-state index in [2.05, 4.69) is 32.2 Å². The number of hydrogen-bond donors (Lipinski definition) is 1. The molecule has 14 heavy (non-hydrogen) atoms. The number of nitrogens with two attached hydrogens (primary N) is 1. The largest absolute Gasteiger partial charge is 0.398 e. The van der Waals surface area contributed by atoms with Gasteiger partial charge in [-0.1, -0.05) is 13.2 Å². The number of benzene rings is 1. The van der Waals surface area contributed by atoms with Crippen molar-refractivity contribution in [2.75, 3.05) is 5.73 Å². The van der Waals surface area contributed by atoms with Gasteiger partial charge < -0.3 is 5.73 Å². The van der Waals surface area contributed by atoms with Gasteiger partial charge in [0.05, 0.1) is 0 Å². The molecule has 74 valence electrons. The topological polar surface area (TPSA) is 26.0 Å². The highest BCUT2D eigenvalue weighted by Gasteiger charge is 2.07. The highest BCUT2D eigenvalue weighted by molar-refractivity contribution is 5.83. The molecule has 0 saturated carbocycles. The van der Waals surface area contributed by atoms with Crippen LogP contribution in [0.1, 0.15) is 30.5 Å². The maximum atomic E-state index is 6.03. The lowest BCUT2D eigenvalue weighted by molar-refractivity contribution is 1.41. The lowest BCUT2D eigenvalue weighted by Crippen LogP contribution is -1.98. The minimum absolute atomic E-state index is 0.788. The molecule has 1 rings (SSSR count). The Morgan fingerprint density at radius 3 is 1.71 bits per heavy atom. The van der Waals surface area contributed by atoms with Crippen LogP contribution in [0.15, 0.2) is 25.3 Å². The average molecular weight is 187 g/mol. The lowest BCUT2D eigenvalue weighted by atomic mass is 9.96. The standard InChI is InChI=1S/C13H17N/c1-8(2)11-6-10(5)7-12(9(3)4)13(11)14/h6-7H,1,3,14H2,2,4-5H3. The summed E-state index contributed by atoms with van der Waals surface area (Å²) in [5, 5.41) is 0. The number of nitrogen functional groups attached to an aromatic ring is 1. The fourth-order valence-corrected chi connectivity index (χ4v) is 1.50. The molecule has 0 bridgehead atoms. The summed E-state index contributed by atoms with van der Waals surface area (Å²) in [6.45, 7) is 13.8. The van der Waals surface area contributed by atoms with Crippen LogP contribution in [0.2, 0.25) is 0 Å². The monoisotopic (exact) mass is 187 g/mol. The van der Waals surface area contributed by atoms with Crippen molar-refractivity contribution in [3.05, 3.63) is 42.0 Å². The van der Waals surface area contributed by atoms with Crippen LogP contribution in [0.3, 0.4) is 0 Å². The smallest absolute Gasteiger partial charge is 0.0466 e. The van der Waals surface area contributed by atoms with Crippen LogP contribution < -0.4 is 5.73 Å². The summed E-state index contributed by atoms with van der Waals surface area (Å²) >= 11 is 0. The van der Waals surface area contributed by atoms with E-state index in [1.807, 2.05) is 13.8 Å². The number of anilines is 1. The zero-order valence-electron chi connectivity index (χ0n) is 9.15. The van der Waals surface area contributed by atoms with Gasteiger partial charge in [0, 0.05) is 16.8 Å². The minimum Gasteiger partial charge on any atom is -0.398 e. The van der Waals surface area contributed by atoms with Gasteiger partial charge in [-0.05, 0) is 49.6 Å². The molecule has 0 unspecified atom stereocenters. The first-order valence-electron chi connectivity index (χ1n) is 4.65. The second kappa shape index (κ2) is 3.70. The van der Waals surface area contributed by atoms with Crippen molar-refractivity contribution in [3.63, 3.8) is 0 Å². The molecule has 0 radical (unpaired) electrons. The third-order valence-corrected chi connectivity index (χ3v) is 2.24. The van der Waals surface area contributed by atoms with E-state index in [-0.39, 0.29) is 0 Å². The fraction of sp³-hybridized carbons (Fsp3) is 0.231. The molecule has 0 aliphatic heterocycles. The summed E-state index contributed by atoms with van der Waals surface area (Å²) in [7, 11) is 0. The van der Waals surface area contributed by atoms with Crippen LogP contribution in [0.5, 0.6) is 0 Å². The van der Waals surface area contributed by atoms with Crippen molar-refractivity contribution >= 4 is 16.8 Å². The van der Waals surface area contributed by atoms with Gasteiger partial charge in [-0.15, -0.1) is 0 Å². The first-order valence-corrected chi connectivity index (χ1v) is 4.65. The summed E-state index contributed by atoms with van der Waals surface area (Å²) in [4.78, 5) is 0. The van der Waals surface area contributed by atoms with Gasteiger partial charge in [0.1, 0.15) is 0 Å². The van der Waals surface area contributed by atoms with E-state index >= 15 is 0 Å². The number of allylic oxidation sites excluding steroid dienone is 2. The van der Waals surface area contributed by atoms with Crippen molar-refractivity contribution in [2.24, 2.45) is 0 Å². The third-order valence-electron chi connectivity index (χ3n) is 2.24. The molecular formula is C13H17N. The summed E-state index contributed by atoms with van der Waals surface area (Å²) in [5.74, 6) is 0. The molecule has 0 aliphatic rings. The number of hydrogen-bond acceptors (Lipinski definition) is 1. The Hall–Kier alpha value is -1.50. The van der Waals surface area contributed by atoms with Gasteiger partial charge in [0.15, 0.2) is 0 Å². The normalized spacial score (nSPS) is 9.93. The predicted molar refractivity (Wildman–Crippen MR) is 65.0 cm³/mol. The van der Waals surface area contributed by atoms with E-state index in [1.54, 1.807) is 0 Å². The summed E-state index contributed by atoms with van der Waals surface area (Å²) in [6.07, 6.45) is 0. The maximum absolute atomic E-state index is 6.03. The fourth-order valence-electron chi connectivity index (χ4n) is 1.50. The molecule has 0 heterocycles. The first kappa shape index (κ1) is 10.6. The zero-order chi connectivity index (χ0) is 10.9. The van der Waals surface area contributed by atoms with Gasteiger partial charge >= 0.3 is 0 Å². The predicted octanol–water partition coefficient (Wildman–Crippen LogP) is 3.64. The average Bonchev–Trinajstić information content (AvgIpc) is 2.07. The Balaban J connectivity index is 3.47. The second-order valence-electron chi connectivity index (χ2n) is 3.83. The van der Waals surface area contributed by atoms with Crippen LogP contribution in [0, 0.1) is 6.92 Å². The van der Waals surface area contributed by atoms with Crippen molar-refractivity contribution in [3.8, 4) is 0 Å². The van der Waals surface area contributed by atoms with Gasteiger partial charge in [0.25, 0.3) is 0 Å². The molecule has 0 fully saturated rings. The number of rotatable bonds is 2. The van der Waals surface area contributed by atoms with Gasteiger partial charge in [-0.25, -0.2) is 0 Å². The van der Waals surface area contributed by atoms with Crippen molar-refractivity contribution < 1.29 is 0 Å². The zero-order valence-corrected chi connectivity index (χ0v) is 9.15. The van der Waals surface area contributed by atoms with E-state index in [1.165, 1.54) is 5.56 Å². The van der Waals surface area contributed by atoms with Gasteiger partial charge in [-0.3, -0.25) is 0 Å². The van der Waals surface area contributed by atoms with Crippen LogP contribution >= 0.6 is 0 Å². The Bertz CT molecular complexity index is 365. The molecule has 0 aromatic heterocycles. The quantitative estimate of drug-likeness (QED) is 0.703. The number of aryl methyl sites for hydroxylation is 1. The van der Waals surface area contributed by atoms with E-state index in [0.29, 0.717) is 0 Å². The Morgan fingerprint density at radius 2 is 1.43 bits per heavy atom. The van der Waals surface area contributed by atoms with Crippen LogP contribution in [-0.4, -0.2) is 0 Å². The molecule has 0 amide bonds. The van der Waals surface area contributed by atoms with Crippen LogP contribution in [0.4, 0.5) is 5.69 Å². The Labute approximate surface area is 85.9 Å². The molecule has 1 aromatic carbocycles. The molecule has 0 aliphatic carbocycles. The van der Waals surface area contributed by atoms with Crippen LogP contribution in [-0.2, 0) is 0 Å². The molecule has 1 aromatic rings. The third kappa shape index (κ3) is 1.87. The van der Waals surface area contributed by atoms with Crippen molar-refractivity contribution in [2.45, 2.75) is 20.8 Å². The van der Waals surface area contributed by atoms with E-state index < -0.39 is 0 Å². The summed E-state index contributed by atoms with van der Waals surface area (Å²) < 4.78 is 0. The lowest BCUT2D eigenvalue weighted by Gasteiger charge is -2.12. The molecule has 0 spiro atoms. The molecule has 1 heteroatoms. The SMILES string of the molecule is C=C(C)c1cc(C)cc(C(=C)C)c1N. The highest BCUT2D eigenvalue weighted by Crippen LogP contribution is 2.29. The van der Waals surface area contributed by atoms with Crippen LogP contribution in [0.25, 0.3) is 11.1 Å². The molecule has 0 atom stereocenters. The van der Waals surface area contributed by atoms with Gasteiger partial charge in [-0.2, -0.15) is 0 Å². The highest BCUT2D eigenvalue weighted by atomic mass is 14.6. The Morgan fingerprint density at radius 1 is 1.07 bits per heavy atom. The first-order chi connectivity index (χ1) is 6.43. The van der Waals surface area contributed by atoms with E-state index in [4.69, 9.17) is 5.73 Å². The summed E-state index contributed by atoms with van der Waals surface area (Å²) in [5.41, 5.74) is 12.1. The molecule has 0 saturated heterocycles.